The Kier molecular flexibility index (Phi) is 3.63. The number of hydrogen-bond acceptors (Lipinski definition) is 6. The van der Waals surface area contributed by atoms with Crippen LogP contribution in [0.3, 0.4) is 0 Å². The molecule has 4 heterocycles. The number of aliphatic hydroxyl groups excluding tert-OH is 1. The van der Waals surface area contributed by atoms with E-state index in [1.807, 2.05) is 6.20 Å². The predicted molar refractivity (Wildman–Crippen MR) is 89.2 cm³/mol. The lowest BCUT2D eigenvalue weighted by Crippen LogP contribution is -2.54. The molecular formula is C16H21N3O2S. The maximum absolute atomic E-state index is 9.25. The number of thioether (sulfide) groups is 1. The monoisotopic (exact) mass is 319 g/mol. The van der Waals surface area contributed by atoms with Gasteiger partial charge in [-0.25, -0.2) is 4.99 Å². The molecular weight excluding hydrogens is 298 g/mol. The summed E-state index contributed by atoms with van der Waals surface area (Å²) < 4.78 is 5.81. The zero-order chi connectivity index (χ0) is 15.2. The summed E-state index contributed by atoms with van der Waals surface area (Å²) in [5, 5.41) is 11.4. The average Bonchev–Trinajstić information content (AvgIpc) is 3.13. The predicted octanol–water partition coefficient (Wildman–Crippen LogP) is 1.94. The summed E-state index contributed by atoms with van der Waals surface area (Å²) in [6.07, 6.45) is 9.03. The van der Waals surface area contributed by atoms with Gasteiger partial charge in [0.25, 0.3) is 0 Å². The van der Waals surface area contributed by atoms with Crippen molar-refractivity contribution < 1.29 is 9.84 Å². The first-order valence-electron chi connectivity index (χ1n) is 7.97. The molecule has 1 fully saturated rings. The maximum Gasteiger partial charge on any atom is 0.177 e. The first kappa shape index (κ1) is 14.5. The van der Waals surface area contributed by atoms with Gasteiger partial charge in [-0.05, 0) is 30.4 Å². The summed E-state index contributed by atoms with van der Waals surface area (Å²) in [5.74, 6) is 1.15. The summed E-state index contributed by atoms with van der Waals surface area (Å²) in [5.41, 5.74) is 1.06. The molecule has 4 aliphatic heterocycles. The molecule has 1 spiro atoms. The Bertz CT molecular complexity index is 578. The number of hydrogen-bond donors (Lipinski definition) is 1. The molecule has 4 atom stereocenters. The summed E-state index contributed by atoms with van der Waals surface area (Å²) in [7, 11) is 0. The highest BCUT2D eigenvalue weighted by Crippen LogP contribution is 2.48. The van der Waals surface area contributed by atoms with Crippen LogP contribution < -0.4 is 0 Å². The van der Waals surface area contributed by atoms with Crippen molar-refractivity contribution in [2.75, 3.05) is 13.2 Å². The van der Waals surface area contributed by atoms with Crippen molar-refractivity contribution in [1.29, 1.82) is 0 Å². The normalized spacial score (nSPS) is 39.5. The smallest absolute Gasteiger partial charge is 0.177 e. The van der Waals surface area contributed by atoms with Gasteiger partial charge >= 0.3 is 0 Å². The molecule has 2 unspecified atom stereocenters. The molecule has 1 saturated heterocycles. The SMILES string of the molecule is CCC1=NC23SC=CC2=NC=CC3N1[C@H]1CC[C@H](CO)OC1. The lowest BCUT2D eigenvalue weighted by Gasteiger charge is -2.41. The average molecular weight is 319 g/mol. The molecule has 4 aliphatic rings. The van der Waals surface area contributed by atoms with Crippen LogP contribution in [0.2, 0.25) is 0 Å². The molecule has 0 saturated carbocycles. The lowest BCUT2D eigenvalue weighted by atomic mass is 9.96. The first-order chi connectivity index (χ1) is 10.8. The quantitative estimate of drug-likeness (QED) is 0.864. The van der Waals surface area contributed by atoms with E-state index in [0.717, 1.165) is 30.8 Å². The molecule has 22 heavy (non-hydrogen) atoms. The number of ether oxygens (including phenoxy) is 1. The Morgan fingerprint density at radius 2 is 2.41 bits per heavy atom. The van der Waals surface area contributed by atoms with Crippen molar-refractivity contribution in [1.82, 2.24) is 4.90 Å². The van der Waals surface area contributed by atoms with Crippen molar-refractivity contribution in [2.24, 2.45) is 9.98 Å². The first-order valence-corrected chi connectivity index (χ1v) is 8.85. The number of amidine groups is 1. The van der Waals surface area contributed by atoms with Gasteiger partial charge in [0.05, 0.1) is 37.1 Å². The summed E-state index contributed by atoms with van der Waals surface area (Å²) in [6.45, 7) is 2.94. The largest absolute Gasteiger partial charge is 0.394 e. The second kappa shape index (κ2) is 5.51. The molecule has 0 aromatic rings. The van der Waals surface area contributed by atoms with Crippen LogP contribution in [0.25, 0.3) is 0 Å². The van der Waals surface area contributed by atoms with Gasteiger partial charge in [-0.2, -0.15) is 0 Å². The molecule has 0 aromatic heterocycles. The minimum absolute atomic E-state index is 0.00336. The third-order valence-corrected chi connectivity index (χ3v) is 6.05. The highest BCUT2D eigenvalue weighted by atomic mass is 32.2. The third kappa shape index (κ3) is 2.01. The van der Waals surface area contributed by atoms with Crippen molar-refractivity contribution in [3.8, 4) is 0 Å². The van der Waals surface area contributed by atoms with Gasteiger partial charge in [0.15, 0.2) is 4.87 Å². The van der Waals surface area contributed by atoms with E-state index in [0.29, 0.717) is 12.6 Å². The van der Waals surface area contributed by atoms with Crippen LogP contribution in [-0.4, -0.2) is 57.8 Å². The van der Waals surface area contributed by atoms with Gasteiger partial charge in [-0.1, -0.05) is 18.7 Å². The van der Waals surface area contributed by atoms with Crippen molar-refractivity contribution in [3.05, 3.63) is 23.8 Å². The Balaban J connectivity index is 1.62. The fraction of sp³-hybridized carbons (Fsp3) is 0.625. The molecule has 6 heteroatoms. The topological polar surface area (TPSA) is 57.4 Å². The zero-order valence-electron chi connectivity index (χ0n) is 12.7. The molecule has 0 aliphatic carbocycles. The van der Waals surface area contributed by atoms with Crippen LogP contribution in [0.5, 0.6) is 0 Å². The Morgan fingerprint density at radius 1 is 1.50 bits per heavy atom. The minimum atomic E-state index is -0.284. The Morgan fingerprint density at radius 3 is 3.14 bits per heavy atom. The number of rotatable bonds is 3. The van der Waals surface area contributed by atoms with Gasteiger partial charge in [0.2, 0.25) is 0 Å². The van der Waals surface area contributed by atoms with E-state index in [1.165, 1.54) is 0 Å². The highest BCUT2D eigenvalue weighted by Gasteiger charge is 2.54. The fourth-order valence-corrected chi connectivity index (χ4v) is 4.91. The molecule has 4 rings (SSSR count). The van der Waals surface area contributed by atoms with Crippen LogP contribution in [0.4, 0.5) is 0 Å². The van der Waals surface area contributed by atoms with E-state index in [2.05, 4.69) is 34.4 Å². The Hall–Kier alpha value is -1.11. The molecule has 1 N–H and O–H groups in total. The maximum atomic E-state index is 9.25. The van der Waals surface area contributed by atoms with Crippen LogP contribution >= 0.6 is 11.8 Å². The van der Waals surface area contributed by atoms with Gasteiger partial charge in [-0.3, -0.25) is 4.99 Å². The van der Waals surface area contributed by atoms with Crippen molar-refractivity contribution in [3.63, 3.8) is 0 Å². The van der Waals surface area contributed by atoms with E-state index in [9.17, 15) is 5.11 Å². The van der Waals surface area contributed by atoms with Gasteiger partial charge < -0.3 is 14.7 Å². The molecule has 0 aromatic carbocycles. The van der Waals surface area contributed by atoms with E-state index in [-0.39, 0.29) is 23.6 Å². The van der Waals surface area contributed by atoms with Crippen LogP contribution in [-0.2, 0) is 4.74 Å². The van der Waals surface area contributed by atoms with Crippen molar-refractivity contribution in [2.45, 2.75) is 49.2 Å². The standard InChI is InChI=1S/C16H21N3O2S/c1-2-15-18-16-13(6-8-22-16)17-7-5-14(16)19(15)11-3-4-12(9-20)21-10-11/h5-8,11-12,14,20H,2-4,9-10H2,1H3/t11-,12+,14?,16?/m0/s1. The van der Waals surface area contributed by atoms with Crippen LogP contribution in [0.15, 0.2) is 33.7 Å². The third-order valence-electron chi connectivity index (χ3n) is 4.88. The van der Waals surface area contributed by atoms with Crippen LogP contribution in [0.1, 0.15) is 26.2 Å². The summed E-state index contributed by atoms with van der Waals surface area (Å²) in [4.78, 5) is 11.8. The van der Waals surface area contributed by atoms with Crippen LogP contribution in [0, 0.1) is 0 Å². The summed E-state index contributed by atoms with van der Waals surface area (Å²) in [6, 6.07) is 0.547. The lowest BCUT2D eigenvalue weighted by molar-refractivity contribution is -0.0487. The second-order valence-corrected chi connectivity index (χ2v) is 7.21. The van der Waals surface area contributed by atoms with E-state index in [4.69, 9.17) is 9.73 Å². The number of aliphatic hydroxyl groups is 1. The van der Waals surface area contributed by atoms with E-state index < -0.39 is 0 Å². The Labute approximate surface area is 134 Å². The molecule has 5 nitrogen and oxygen atoms in total. The molecule has 118 valence electrons. The molecule has 0 amide bonds. The number of nitrogens with zero attached hydrogens (tertiary/aromatic N) is 3. The molecule has 0 bridgehead atoms. The van der Waals surface area contributed by atoms with Gasteiger partial charge in [-0.15, -0.1) is 0 Å². The zero-order valence-corrected chi connectivity index (χ0v) is 13.5. The van der Waals surface area contributed by atoms with Crippen molar-refractivity contribution >= 4 is 23.3 Å². The van der Waals surface area contributed by atoms with E-state index in [1.54, 1.807) is 11.8 Å². The van der Waals surface area contributed by atoms with Gasteiger partial charge in [0.1, 0.15) is 5.84 Å². The van der Waals surface area contributed by atoms with Gasteiger partial charge in [0, 0.05) is 12.6 Å². The van der Waals surface area contributed by atoms with E-state index >= 15 is 0 Å². The fourth-order valence-electron chi connectivity index (χ4n) is 3.77. The second-order valence-electron chi connectivity index (χ2n) is 6.08. The summed E-state index contributed by atoms with van der Waals surface area (Å²) >= 11 is 1.76. The highest BCUT2D eigenvalue weighted by molar-refractivity contribution is 8.04. The number of aliphatic imine (C=N–C) groups is 2. The molecule has 0 radical (unpaired) electrons. The minimum Gasteiger partial charge on any atom is -0.394 e.